The summed E-state index contributed by atoms with van der Waals surface area (Å²) in [6.07, 6.45) is 2.04. The lowest BCUT2D eigenvalue weighted by atomic mass is 9.74. The Labute approximate surface area is 191 Å². The van der Waals surface area contributed by atoms with Crippen molar-refractivity contribution < 1.29 is 14.6 Å². The maximum absolute atomic E-state index is 12.7. The molecule has 6 nitrogen and oxygen atoms in total. The molecule has 172 valence electrons. The zero-order valence-corrected chi connectivity index (χ0v) is 19.3. The van der Waals surface area contributed by atoms with Gasteiger partial charge in [-0.05, 0) is 62.1 Å². The summed E-state index contributed by atoms with van der Waals surface area (Å²) in [6.45, 7) is 6.59. The van der Waals surface area contributed by atoms with Gasteiger partial charge in [-0.3, -0.25) is 4.90 Å². The zero-order valence-electron chi connectivity index (χ0n) is 19.3. The van der Waals surface area contributed by atoms with Gasteiger partial charge < -0.3 is 20.1 Å². The predicted molar refractivity (Wildman–Crippen MR) is 127 cm³/mol. The highest BCUT2D eigenvalue weighted by molar-refractivity contribution is 5.74. The summed E-state index contributed by atoms with van der Waals surface area (Å²) in [5, 5.41) is 13.2. The van der Waals surface area contributed by atoms with Crippen LogP contribution in [-0.4, -0.2) is 72.4 Å². The minimum absolute atomic E-state index is 0.0166. The predicted octanol–water partition coefficient (Wildman–Crippen LogP) is 3.70. The number of urea groups is 1. The molecule has 32 heavy (non-hydrogen) atoms. The molecule has 0 radical (unpaired) electrons. The van der Waals surface area contributed by atoms with Crippen LogP contribution in [0.4, 0.5) is 4.79 Å². The van der Waals surface area contributed by atoms with Gasteiger partial charge in [0.15, 0.2) is 0 Å². The van der Waals surface area contributed by atoms with Gasteiger partial charge in [0, 0.05) is 37.1 Å². The van der Waals surface area contributed by atoms with Crippen LogP contribution in [0.2, 0.25) is 0 Å². The smallest absolute Gasteiger partial charge is 0.317 e. The van der Waals surface area contributed by atoms with Crippen molar-refractivity contribution in [1.82, 2.24) is 15.1 Å². The van der Waals surface area contributed by atoms with Crippen LogP contribution in [0.15, 0.2) is 48.5 Å². The molecule has 0 aromatic heterocycles. The Morgan fingerprint density at radius 1 is 1.06 bits per heavy atom. The SMILES string of the molecule is COc1ccc(-c2ccc([C@@H]3[C@@H](CO)N4CCCCN(C(=O)NC(C)C)C[C@H]34)cc2)cc1. The monoisotopic (exact) mass is 437 g/mol. The van der Waals surface area contributed by atoms with Crippen LogP contribution in [0.25, 0.3) is 11.1 Å². The van der Waals surface area contributed by atoms with Crippen LogP contribution in [-0.2, 0) is 0 Å². The van der Waals surface area contributed by atoms with Gasteiger partial charge in [0.25, 0.3) is 0 Å². The average Bonchev–Trinajstić information content (AvgIpc) is 2.78. The van der Waals surface area contributed by atoms with Crippen LogP contribution < -0.4 is 10.1 Å². The highest BCUT2D eigenvalue weighted by atomic mass is 16.5. The number of hydrogen-bond donors (Lipinski definition) is 2. The first-order valence-electron chi connectivity index (χ1n) is 11.7. The number of amides is 2. The first kappa shape index (κ1) is 22.6. The molecule has 0 bridgehead atoms. The Hall–Kier alpha value is -2.57. The Balaban J connectivity index is 1.53. The summed E-state index contributed by atoms with van der Waals surface area (Å²) in [4.78, 5) is 17.1. The van der Waals surface area contributed by atoms with Crippen molar-refractivity contribution in [3.8, 4) is 16.9 Å². The number of nitrogens with one attached hydrogen (secondary N) is 1. The van der Waals surface area contributed by atoms with E-state index in [0.717, 1.165) is 42.8 Å². The van der Waals surface area contributed by atoms with Crippen molar-refractivity contribution in [2.24, 2.45) is 0 Å². The lowest BCUT2D eigenvalue weighted by molar-refractivity contribution is -0.0591. The largest absolute Gasteiger partial charge is 0.497 e. The molecule has 2 aliphatic rings. The van der Waals surface area contributed by atoms with E-state index in [9.17, 15) is 9.90 Å². The molecule has 0 spiro atoms. The number of benzene rings is 2. The van der Waals surface area contributed by atoms with Gasteiger partial charge in [0.05, 0.1) is 13.7 Å². The molecule has 2 N–H and O–H groups in total. The molecule has 0 unspecified atom stereocenters. The summed E-state index contributed by atoms with van der Waals surface area (Å²) in [5.74, 6) is 1.07. The van der Waals surface area contributed by atoms with Gasteiger partial charge in [0.2, 0.25) is 0 Å². The molecule has 2 amide bonds. The summed E-state index contributed by atoms with van der Waals surface area (Å²) >= 11 is 0. The highest BCUT2D eigenvalue weighted by Crippen LogP contribution is 2.42. The number of fused-ring (bicyclic) bond motifs is 1. The Morgan fingerprint density at radius 3 is 2.28 bits per heavy atom. The molecule has 2 aliphatic heterocycles. The van der Waals surface area contributed by atoms with Crippen molar-refractivity contribution >= 4 is 6.03 Å². The van der Waals surface area contributed by atoms with E-state index in [1.807, 2.05) is 30.9 Å². The molecule has 2 saturated heterocycles. The fraction of sp³-hybridized carbons (Fsp3) is 0.500. The van der Waals surface area contributed by atoms with Gasteiger partial charge >= 0.3 is 6.03 Å². The number of carbonyl (C=O) groups is 1. The Kier molecular flexibility index (Phi) is 7.01. The Bertz CT molecular complexity index is 898. The van der Waals surface area contributed by atoms with Crippen LogP contribution in [0, 0.1) is 0 Å². The number of methoxy groups -OCH3 is 1. The average molecular weight is 438 g/mol. The molecule has 6 heteroatoms. The van der Waals surface area contributed by atoms with E-state index in [4.69, 9.17) is 4.74 Å². The lowest BCUT2D eigenvalue weighted by Gasteiger charge is -2.57. The molecule has 3 atom stereocenters. The molecule has 0 aliphatic carbocycles. The van der Waals surface area contributed by atoms with E-state index in [-0.39, 0.29) is 36.7 Å². The number of ether oxygens (including phenoxy) is 1. The fourth-order valence-electron chi connectivity index (χ4n) is 5.14. The van der Waals surface area contributed by atoms with E-state index in [1.165, 1.54) is 5.56 Å². The normalized spacial score (nSPS) is 23.7. The number of aliphatic hydroxyl groups excluding tert-OH is 1. The third kappa shape index (κ3) is 4.62. The van der Waals surface area contributed by atoms with E-state index in [0.29, 0.717) is 6.54 Å². The van der Waals surface area contributed by atoms with Crippen LogP contribution in [0.1, 0.15) is 38.2 Å². The highest BCUT2D eigenvalue weighted by Gasteiger charge is 2.49. The van der Waals surface area contributed by atoms with Crippen molar-refractivity contribution in [1.29, 1.82) is 0 Å². The van der Waals surface area contributed by atoms with Gasteiger partial charge in [-0.25, -0.2) is 4.79 Å². The van der Waals surface area contributed by atoms with Crippen molar-refractivity contribution in [2.45, 2.75) is 50.7 Å². The molecule has 2 fully saturated rings. The minimum Gasteiger partial charge on any atom is -0.497 e. The number of aliphatic hydroxyl groups is 1. The van der Waals surface area contributed by atoms with Crippen molar-refractivity contribution in [2.75, 3.05) is 33.4 Å². The molecule has 0 saturated carbocycles. The molecular formula is C26H35N3O3. The second kappa shape index (κ2) is 9.92. The lowest BCUT2D eigenvalue weighted by Crippen LogP contribution is -2.68. The summed E-state index contributed by atoms with van der Waals surface area (Å²) in [5.41, 5.74) is 3.53. The van der Waals surface area contributed by atoms with Crippen LogP contribution in [0.3, 0.4) is 0 Å². The summed E-state index contributed by atoms with van der Waals surface area (Å²) in [7, 11) is 1.67. The molecule has 2 aromatic carbocycles. The number of carbonyl (C=O) groups excluding carboxylic acids is 1. The molecule has 2 aromatic rings. The number of rotatable bonds is 5. The van der Waals surface area contributed by atoms with Crippen molar-refractivity contribution in [3.05, 3.63) is 54.1 Å². The van der Waals surface area contributed by atoms with E-state index < -0.39 is 0 Å². The maximum atomic E-state index is 12.7. The Morgan fingerprint density at radius 2 is 1.69 bits per heavy atom. The van der Waals surface area contributed by atoms with E-state index in [1.54, 1.807) is 7.11 Å². The summed E-state index contributed by atoms with van der Waals surface area (Å²) in [6, 6.07) is 17.2. The van der Waals surface area contributed by atoms with Gasteiger partial charge in [-0.1, -0.05) is 36.4 Å². The number of hydrogen-bond acceptors (Lipinski definition) is 4. The summed E-state index contributed by atoms with van der Waals surface area (Å²) < 4.78 is 5.26. The first-order chi connectivity index (χ1) is 15.5. The molecular weight excluding hydrogens is 402 g/mol. The third-order valence-electron chi connectivity index (χ3n) is 6.79. The second-order valence-corrected chi connectivity index (χ2v) is 9.19. The fourth-order valence-corrected chi connectivity index (χ4v) is 5.14. The molecule has 4 rings (SSSR count). The second-order valence-electron chi connectivity index (χ2n) is 9.19. The van der Waals surface area contributed by atoms with E-state index >= 15 is 0 Å². The standard InChI is InChI=1S/C26H35N3O3/c1-18(2)27-26(31)28-14-4-5-15-29-23(16-28)25(24(29)17-30)21-8-6-19(7-9-21)20-10-12-22(32-3)13-11-20/h6-13,18,23-25,30H,4-5,14-17H2,1-3H3,(H,27,31)/t23-,24-,25+/m1/s1. The van der Waals surface area contributed by atoms with Crippen molar-refractivity contribution in [3.63, 3.8) is 0 Å². The van der Waals surface area contributed by atoms with Crippen LogP contribution >= 0.6 is 0 Å². The van der Waals surface area contributed by atoms with Gasteiger partial charge in [0.1, 0.15) is 5.75 Å². The van der Waals surface area contributed by atoms with Crippen LogP contribution in [0.5, 0.6) is 5.75 Å². The quantitative estimate of drug-likeness (QED) is 0.749. The third-order valence-corrected chi connectivity index (χ3v) is 6.79. The maximum Gasteiger partial charge on any atom is 0.317 e. The zero-order chi connectivity index (χ0) is 22.7. The first-order valence-corrected chi connectivity index (χ1v) is 11.7. The number of nitrogens with zero attached hydrogens (tertiary/aromatic N) is 2. The molecule has 2 heterocycles. The van der Waals surface area contributed by atoms with E-state index in [2.05, 4.69) is 46.6 Å². The van der Waals surface area contributed by atoms with Gasteiger partial charge in [-0.15, -0.1) is 0 Å². The topological polar surface area (TPSA) is 65.0 Å². The minimum atomic E-state index is 0.0166. The van der Waals surface area contributed by atoms with Gasteiger partial charge in [-0.2, -0.15) is 0 Å².